The van der Waals surface area contributed by atoms with Crippen molar-refractivity contribution in [2.75, 3.05) is 17.7 Å². The molecule has 3 atom stereocenters. The van der Waals surface area contributed by atoms with Gasteiger partial charge < -0.3 is 26.0 Å². The maximum Gasteiger partial charge on any atom is 0.280 e. The Kier molecular flexibility index (Phi) is 4.39. The molecule has 0 radical (unpaired) electrons. The number of H-pyrrole nitrogens is 1. The second kappa shape index (κ2) is 7.10. The molecule has 1 fully saturated rings. The molecule has 10 nitrogen and oxygen atoms in total. The summed E-state index contributed by atoms with van der Waals surface area (Å²) in [5.41, 5.74) is 7.35. The molecule has 1 saturated heterocycles. The fourth-order valence-corrected chi connectivity index (χ4v) is 3.79. The number of nitrogens with one attached hydrogen (secondary N) is 2. The summed E-state index contributed by atoms with van der Waals surface area (Å²) in [6.07, 6.45) is -0.397. The third kappa shape index (κ3) is 2.98. The van der Waals surface area contributed by atoms with Crippen LogP contribution in [0.15, 0.2) is 47.5 Å². The van der Waals surface area contributed by atoms with Crippen LogP contribution in [0.25, 0.3) is 21.9 Å². The Morgan fingerprint density at radius 3 is 2.93 bits per heavy atom. The molecule has 0 saturated carbocycles. The number of aliphatic hydroxyl groups excluding tert-OH is 2. The monoisotopic (exact) mass is 408 g/mol. The molecule has 2 aromatic heterocycles. The van der Waals surface area contributed by atoms with Gasteiger partial charge in [0.05, 0.1) is 30.4 Å². The molecule has 154 valence electrons. The number of aliphatic hydroxyl groups is 2. The van der Waals surface area contributed by atoms with E-state index in [1.807, 2.05) is 30.3 Å². The fraction of sp³-hybridized carbons (Fsp3) is 0.250. The van der Waals surface area contributed by atoms with Gasteiger partial charge >= 0.3 is 0 Å². The summed E-state index contributed by atoms with van der Waals surface area (Å²) >= 11 is 0. The van der Waals surface area contributed by atoms with E-state index >= 15 is 0 Å². The van der Waals surface area contributed by atoms with E-state index in [0.717, 1.165) is 10.8 Å². The highest BCUT2D eigenvalue weighted by Crippen LogP contribution is 2.32. The molecule has 6 N–H and O–H groups in total. The number of ether oxygens (including phenoxy) is 1. The molecule has 0 bridgehead atoms. The van der Waals surface area contributed by atoms with Gasteiger partial charge in [-0.15, -0.1) is 0 Å². The number of aromatic nitrogens is 4. The van der Waals surface area contributed by atoms with Gasteiger partial charge in [-0.3, -0.25) is 14.3 Å². The first kappa shape index (κ1) is 18.6. The van der Waals surface area contributed by atoms with E-state index in [0.29, 0.717) is 17.0 Å². The molecule has 0 amide bonds. The van der Waals surface area contributed by atoms with Gasteiger partial charge in [0.15, 0.2) is 11.2 Å². The van der Waals surface area contributed by atoms with Crippen LogP contribution >= 0.6 is 0 Å². The third-order valence-electron chi connectivity index (χ3n) is 5.33. The Balaban J connectivity index is 1.57. The molecule has 1 aliphatic heterocycles. The van der Waals surface area contributed by atoms with Gasteiger partial charge in [-0.25, -0.2) is 4.98 Å². The van der Waals surface area contributed by atoms with Crippen molar-refractivity contribution in [3.63, 3.8) is 0 Å². The first-order valence-electron chi connectivity index (χ1n) is 9.50. The number of aromatic amines is 1. The molecular formula is C20H20N6O4. The second-order valence-corrected chi connectivity index (χ2v) is 7.23. The van der Waals surface area contributed by atoms with Crippen LogP contribution in [0, 0.1) is 0 Å². The third-order valence-corrected chi connectivity index (χ3v) is 5.33. The first-order chi connectivity index (χ1) is 14.5. The van der Waals surface area contributed by atoms with Crippen LogP contribution in [-0.4, -0.2) is 48.5 Å². The Morgan fingerprint density at radius 2 is 2.13 bits per heavy atom. The number of anilines is 3. The lowest BCUT2D eigenvalue weighted by atomic mass is 10.1. The molecule has 0 spiro atoms. The van der Waals surface area contributed by atoms with Gasteiger partial charge in [0.25, 0.3) is 5.56 Å². The maximum absolute atomic E-state index is 12.6. The maximum atomic E-state index is 12.6. The van der Waals surface area contributed by atoms with Crippen LogP contribution in [0.2, 0.25) is 0 Å². The quantitative estimate of drug-likeness (QED) is 0.316. The lowest BCUT2D eigenvalue weighted by Crippen LogP contribution is -2.24. The smallest absolute Gasteiger partial charge is 0.280 e. The van der Waals surface area contributed by atoms with E-state index in [1.165, 1.54) is 6.33 Å². The Bertz CT molecular complexity index is 1300. The van der Waals surface area contributed by atoms with Crippen molar-refractivity contribution < 1.29 is 14.9 Å². The number of rotatable bonds is 4. The van der Waals surface area contributed by atoms with Crippen LogP contribution in [0.1, 0.15) is 12.6 Å². The minimum absolute atomic E-state index is 0.150. The molecular weight excluding hydrogens is 388 g/mol. The van der Waals surface area contributed by atoms with Crippen LogP contribution in [0.5, 0.6) is 0 Å². The van der Waals surface area contributed by atoms with E-state index < -0.39 is 24.0 Å². The number of imidazole rings is 1. The summed E-state index contributed by atoms with van der Waals surface area (Å²) < 4.78 is 7.26. The van der Waals surface area contributed by atoms with Gasteiger partial charge in [0, 0.05) is 11.8 Å². The van der Waals surface area contributed by atoms with Crippen LogP contribution in [0.3, 0.4) is 0 Å². The van der Waals surface area contributed by atoms with Crippen molar-refractivity contribution in [1.82, 2.24) is 19.5 Å². The first-order valence-corrected chi connectivity index (χ1v) is 9.50. The zero-order valence-corrected chi connectivity index (χ0v) is 15.8. The molecule has 2 aromatic carbocycles. The van der Waals surface area contributed by atoms with Crippen LogP contribution in [0.4, 0.5) is 17.3 Å². The molecule has 4 aromatic rings. The van der Waals surface area contributed by atoms with E-state index in [9.17, 15) is 15.0 Å². The number of fused-ring (bicyclic) bond motifs is 2. The number of benzene rings is 2. The number of nitrogens with two attached hydrogens (primary N) is 1. The highest BCUT2D eigenvalue weighted by atomic mass is 16.5. The zero-order chi connectivity index (χ0) is 20.8. The summed E-state index contributed by atoms with van der Waals surface area (Å²) in [6.45, 7) is -0.300. The minimum atomic E-state index is -0.812. The predicted octanol–water partition coefficient (Wildman–Crippen LogP) is 1.24. The average molecular weight is 408 g/mol. The van der Waals surface area contributed by atoms with Gasteiger partial charge in [-0.05, 0) is 11.5 Å². The standard InChI is InChI=1S/C20H20N6O4/c21-12-6-5-10-3-1-2-4-11(10)16(12)23-20-24-18-17(19(29)25-20)22-9-26(18)15-7-13(28)14(8-27)30-15/h1-6,9,13-15,27-28H,7-8,21H2,(H2,23,24,25,29)/t13-,14+,15+/m0/s1. The zero-order valence-electron chi connectivity index (χ0n) is 15.8. The average Bonchev–Trinajstić information content (AvgIpc) is 3.33. The molecule has 0 unspecified atom stereocenters. The van der Waals surface area contributed by atoms with E-state index in [4.69, 9.17) is 10.5 Å². The number of nitrogens with zero attached hydrogens (tertiary/aromatic N) is 3. The van der Waals surface area contributed by atoms with Crippen molar-refractivity contribution >= 4 is 39.3 Å². The lowest BCUT2D eigenvalue weighted by molar-refractivity contribution is -0.0432. The summed E-state index contributed by atoms with van der Waals surface area (Å²) in [7, 11) is 0. The van der Waals surface area contributed by atoms with Crippen LogP contribution in [-0.2, 0) is 4.74 Å². The largest absolute Gasteiger partial charge is 0.397 e. The number of nitrogen functional groups attached to an aromatic ring is 1. The SMILES string of the molecule is Nc1ccc2ccccc2c1Nc1nc2c(ncn2[C@H]2C[C@H](O)[C@@H](CO)O2)c(=O)[nH]1. The summed E-state index contributed by atoms with van der Waals surface area (Å²) in [5, 5.41) is 24.4. The van der Waals surface area contributed by atoms with Crippen molar-refractivity contribution in [3.05, 3.63) is 53.1 Å². The van der Waals surface area contributed by atoms with Gasteiger partial charge in [0.2, 0.25) is 5.95 Å². The normalized spacial score (nSPS) is 21.5. The van der Waals surface area contributed by atoms with E-state index in [1.54, 1.807) is 10.6 Å². The van der Waals surface area contributed by atoms with Crippen molar-refractivity contribution in [2.24, 2.45) is 0 Å². The van der Waals surface area contributed by atoms with Crippen molar-refractivity contribution in [1.29, 1.82) is 0 Å². The summed E-state index contributed by atoms with van der Waals surface area (Å²) in [6, 6.07) is 11.4. The summed E-state index contributed by atoms with van der Waals surface area (Å²) in [5.74, 6) is 0.203. The summed E-state index contributed by atoms with van der Waals surface area (Å²) in [4.78, 5) is 23.9. The lowest BCUT2D eigenvalue weighted by Gasteiger charge is -2.15. The molecule has 0 aliphatic carbocycles. The van der Waals surface area contributed by atoms with Gasteiger partial charge in [-0.2, -0.15) is 4.98 Å². The highest BCUT2D eigenvalue weighted by Gasteiger charge is 2.35. The molecule has 3 heterocycles. The Labute approximate surface area is 170 Å². The highest BCUT2D eigenvalue weighted by molar-refractivity contribution is 6.00. The number of hydrogen-bond acceptors (Lipinski definition) is 8. The second-order valence-electron chi connectivity index (χ2n) is 7.23. The molecule has 5 rings (SSSR count). The number of hydrogen-bond donors (Lipinski definition) is 5. The minimum Gasteiger partial charge on any atom is -0.397 e. The molecule has 10 heteroatoms. The van der Waals surface area contributed by atoms with E-state index in [2.05, 4.69) is 20.3 Å². The van der Waals surface area contributed by atoms with Gasteiger partial charge in [-0.1, -0.05) is 30.3 Å². The van der Waals surface area contributed by atoms with E-state index in [-0.39, 0.29) is 24.5 Å². The fourth-order valence-electron chi connectivity index (χ4n) is 3.79. The Hall–Kier alpha value is -3.47. The predicted molar refractivity (Wildman–Crippen MR) is 111 cm³/mol. The molecule has 1 aliphatic rings. The van der Waals surface area contributed by atoms with Crippen molar-refractivity contribution in [2.45, 2.75) is 24.9 Å². The molecule has 30 heavy (non-hydrogen) atoms. The van der Waals surface area contributed by atoms with Gasteiger partial charge in [0.1, 0.15) is 12.3 Å². The topological polar surface area (TPSA) is 151 Å². The van der Waals surface area contributed by atoms with Crippen molar-refractivity contribution in [3.8, 4) is 0 Å². The van der Waals surface area contributed by atoms with Crippen LogP contribution < -0.4 is 16.6 Å². The Morgan fingerprint density at radius 1 is 1.30 bits per heavy atom.